The Morgan fingerprint density at radius 3 is 2.64 bits per heavy atom. The summed E-state index contributed by atoms with van der Waals surface area (Å²) in [4.78, 5) is 6.55. The molecule has 1 aromatic carbocycles. The molecular weight excluding hydrogens is 352 g/mol. The van der Waals surface area contributed by atoms with Gasteiger partial charge in [0.2, 0.25) is 5.88 Å². The van der Waals surface area contributed by atoms with Crippen LogP contribution in [-0.2, 0) is 9.47 Å². The summed E-state index contributed by atoms with van der Waals surface area (Å²) in [5.74, 6) is 1.32. The van der Waals surface area contributed by atoms with Gasteiger partial charge in [0.1, 0.15) is 18.3 Å². The van der Waals surface area contributed by atoms with Crippen molar-refractivity contribution in [2.45, 2.75) is 25.9 Å². The van der Waals surface area contributed by atoms with Crippen molar-refractivity contribution < 1.29 is 14.6 Å². The van der Waals surface area contributed by atoms with E-state index in [0.717, 1.165) is 41.0 Å². The topological polar surface area (TPSA) is 54.8 Å². The van der Waals surface area contributed by atoms with Crippen molar-refractivity contribution in [3.8, 4) is 11.1 Å². The summed E-state index contributed by atoms with van der Waals surface area (Å²) in [6.45, 7) is 1.76. The minimum Gasteiger partial charge on any atom is -0.464 e. The third-order valence-corrected chi connectivity index (χ3v) is 4.69. The van der Waals surface area contributed by atoms with Gasteiger partial charge in [0, 0.05) is 11.9 Å². The number of anilines is 1. The summed E-state index contributed by atoms with van der Waals surface area (Å²) in [6, 6.07) is 11.9. The maximum absolute atomic E-state index is 9.72. The highest BCUT2D eigenvalue weighted by molar-refractivity contribution is 5.68. The van der Waals surface area contributed by atoms with Gasteiger partial charge in [0.05, 0.1) is 6.10 Å². The molecule has 5 nitrogen and oxygen atoms in total. The van der Waals surface area contributed by atoms with Crippen LogP contribution in [-0.4, -0.2) is 10.1 Å². The zero-order valence-electron chi connectivity index (χ0n) is 15.7. The van der Waals surface area contributed by atoms with Crippen LogP contribution in [0, 0.1) is 0 Å². The first-order chi connectivity index (χ1) is 13.7. The van der Waals surface area contributed by atoms with Gasteiger partial charge in [-0.25, -0.2) is 4.98 Å². The number of benzene rings is 1. The number of rotatable bonds is 5. The van der Waals surface area contributed by atoms with Crippen LogP contribution in [0.4, 0.5) is 5.82 Å². The van der Waals surface area contributed by atoms with Gasteiger partial charge >= 0.3 is 0 Å². The summed E-state index contributed by atoms with van der Waals surface area (Å²) < 4.78 is 11.0. The van der Waals surface area contributed by atoms with Gasteiger partial charge in [-0.15, -0.1) is 0 Å². The maximum atomic E-state index is 9.72. The van der Waals surface area contributed by atoms with Crippen LogP contribution in [0.15, 0.2) is 91.2 Å². The normalized spacial score (nSPS) is 16.5. The highest BCUT2D eigenvalue weighted by atomic mass is 16.5. The molecule has 0 fully saturated rings. The first-order valence-corrected chi connectivity index (χ1v) is 9.30. The van der Waals surface area contributed by atoms with Crippen molar-refractivity contribution in [2.24, 2.45) is 0 Å². The fourth-order valence-corrected chi connectivity index (χ4v) is 3.21. The highest BCUT2D eigenvalue weighted by Gasteiger charge is 2.22. The SMILES string of the molecule is CC(O)c1ccc(-c2ccnc(N(C3=CC=CCC3)C3=COC=CO3)c2)cc1. The third kappa shape index (κ3) is 3.85. The van der Waals surface area contributed by atoms with Crippen LogP contribution >= 0.6 is 0 Å². The Balaban J connectivity index is 1.71. The van der Waals surface area contributed by atoms with Crippen molar-refractivity contribution in [1.29, 1.82) is 0 Å². The minimum atomic E-state index is -0.479. The molecule has 1 unspecified atom stereocenters. The van der Waals surface area contributed by atoms with Crippen molar-refractivity contribution in [3.63, 3.8) is 0 Å². The number of ether oxygens (including phenoxy) is 2. The van der Waals surface area contributed by atoms with Crippen LogP contribution in [0.25, 0.3) is 11.1 Å². The average Bonchev–Trinajstić information content (AvgIpc) is 2.76. The molecule has 5 heteroatoms. The van der Waals surface area contributed by atoms with Gasteiger partial charge in [-0.05, 0) is 54.7 Å². The third-order valence-electron chi connectivity index (χ3n) is 4.69. The van der Waals surface area contributed by atoms with E-state index in [4.69, 9.17) is 9.47 Å². The van der Waals surface area contributed by atoms with E-state index in [1.54, 1.807) is 19.4 Å². The lowest BCUT2D eigenvalue weighted by atomic mass is 10.0. The number of aliphatic hydroxyl groups is 1. The van der Waals surface area contributed by atoms with E-state index in [9.17, 15) is 5.11 Å². The Morgan fingerprint density at radius 1 is 1.11 bits per heavy atom. The molecule has 0 saturated carbocycles. The zero-order chi connectivity index (χ0) is 19.3. The highest BCUT2D eigenvalue weighted by Crippen LogP contribution is 2.32. The van der Waals surface area contributed by atoms with Crippen LogP contribution < -0.4 is 4.90 Å². The molecule has 0 radical (unpaired) electrons. The summed E-state index contributed by atoms with van der Waals surface area (Å²) in [5.41, 5.74) is 4.07. The second kappa shape index (κ2) is 8.15. The minimum absolute atomic E-state index is 0.479. The van der Waals surface area contributed by atoms with Crippen molar-refractivity contribution in [2.75, 3.05) is 4.90 Å². The lowest BCUT2D eigenvalue weighted by molar-refractivity contribution is 0.199. The number of aliphatic hydroxyl groups excluding tert-OH is 1. The number of nitrogens with zero attached hydrogens (tertiary/aromatic N) is 2. The molecule has 4 rings (SSSR count). The van der Waals surface area contributed by atoms with Crippen molar-refractivity contribution in [1.82, 2.24) is 4.98 Å². The van der Waals surface area contributed by atoms with Crippen LogP contribution in [0.2, 0.25) is 0 Å². The Labute approximate surface area is 164 Å². The number of aromatic nitrogens is 1. The molecule has 1 atom stereocenters. The number of allylic oxidation sites excluding steroid dienone is 4. The monoisotopic (exact) mass is 374 g/mol. The van der Waals surface area contributed by atoms with Crippen LogP contribution in [0.3, 0.4) is 0 Å². The van der Waals surface area contributed by atoms with Gasteiger partial charge in [-0.3, -0.25) is 4.90 Å². The second-order valence-electron chi connectivity index (χ2n) is 6.64. The smallest absolute Gasteiger partial charge is 0.241 e. The molecule has 1 aromatic heterocycles. The lowest BCUT2D eigenvalue weighted by Crippen LogP contribution is -2.25. The lowest BCUT2D eigenvalue weighted by Gasteiger charge is -2.29. The molecule has 2 heterocycles. The molecule has 2 aliphatic rings. The first-order valence-electron chi connectivity index (χ1n) is 9.30. The molecule has 1 aliphatic carbocycles. The summed E-state index contributed by atoms with van der Waals surface area (Å²) in [6.07, 6.45) is 14.0. The van der Waals surface area contributed by atoms with Crippen LogP contribution in [0.5, 0.6) is 0 Å². The van der Waals surface area contributed by atoms with E-state index >= 15 is 0 Å². The number of hydrogen-bond acceptors (Lipinski definition) is 5. The van der Waals surface area contributed by atoms with Gasteiger partial charge in [0.15, 0.2) is 6.26 Å². The summed E-state index contributed by atoms with van der Waals surface area (Å²) in [7, 11) is 0. The molecular formula is C23H22N2O3. The van der Waals surface area contributed by atoms with Gasteiger partial charge in [0.25, 0.3) is 0 Å². The first kappa shape index (κ1) is 18.1. The van der Waals surface area contributed by atoms with E-state index in [-0.39, 0.29) is 0 Å². The predicted molar refractivity (Wildman–Crippen MR) is 109 cm³/mol. The quantitative estimate of drug-likeness (QED) is 0.783. The van der Waals surface area contributed by atoms with E-state index in [2.05, 4.69) is 17.1 Å². The van der Waals surface area contributed by atoms with E-state index in [0.29, 0.717) is 5.88 Å². The molecule has 0 spiro atoms. The molecule has 2 aromatic rings. The molecule has 0 saturated heterocycles. The maximum Gasteiger partial charge on any atom is 0.241 e. The fourth-order valence-electron chi connectivity index (χ4n) is 3.21. The fraction of sp³-hybridized carbons (Fsp3) is 0.174. The molecule has 0 amide bonds. The Hall–Kier alpha value is -3.31. The van der Waals surface area contributed by atoms with Crippen molar-refractivity contribution >= 4 is 5.82 Å². The van der Waals surface area contributed by atoms with E-state index in [1.165, 1.54) is 12.5 Å². The summed E-state index contributed by atoms with van der Waals surface area (Å²) in [5, 5.41) is 9.72. The van der Waals surface area contributed by atoms with E-state index in [1.807, 2.05) is 47.4 Å². The number of hydrogen-bond donors (Lipinski definition) is 1. The standard InChI is InChI=1S/C23H22N2O3/c1-17(26)18-7-9-19(10-8-18)20-11-12-24-22(15-20)25(21-5-3-2-4-6-21)23-16-27-13-14-28-23/h2-3,5,7-17,26H,4,6H2,1H3. The van der Waals surface area contributed by atoms with Gasteiger partial charge in [-0.2, -0.15) is 0 Å². The zero-order valence-corrected chi connectivity index (χ0v) is 15.7. The molecule has 1 N–H and O–H groups in total. The molecule has 0 bridgehead atoms. The Bertz CT molecular complexity index is 956. The molecule has 142 valence electrons. The predicted octanol–water partition coefficient (Wildman–Crippen LogP) is 5.16. The van der Waals surface area contributed by atoms with Gasteiger partial charge < -0.3 is 14.6 Å². The van der Waals surface area contributed by atoms with E-state index < -0.39 is 6.10 Å². The molecule has 1 aliphatic heterocycles. The number of pyridine rings is 1. The van der Waals surface area contributed by atoms with Crippen molar-refractivity contribution in [3.05, 3.63) is 96.8 Å². The largest absolute Gasteiger partial charge is 0.464 e. The Kier molecular flexibility index (Phi) is 5.26. The molecule has 28 heavy (non-hydrogen) atoms. The van der Waals surface area contributed by atoms with Crippen LogP contribution in [0.1, 0.15) is 31.4 Å². The summed E-state index contributed by atoms with van der Waals surface area (Å²) >= 11 is 0. The second-order valence-corrected chi connectivity index (χ2v) is 6.64. The Morgan fingerprint density at radius 2 is 1.96 bits per heavy atom. The van der Waals surface area contributed by atoms with Gasteiger partial charge in [-0.1, -0.05) is 36.4 Å². The average molecular weight is 374 g/mol.